The molecule has 7 nitrogen and oxygen atoms in total. The van der Waals surface area contributed by atoms with Gasteiger partial charge < -0.3 is 13.7 Å². The van der Waals surface area contributed by atoms with Gasteiger partial charge in [-0.3, -0.25) is 4.79 Å². The van der Waals surface area contributed by atoms with Gasteiger partial charge in [0, 0.05) is 6.07 Å². The van der Waals surface area contributed by atoms with Gasteiger partial charge in [-0.15, -0.1) is 0 Å². The molecule has 3 aromatic carbocycles. The fourth-order valence-corrected chi connectivity index (χ4v) is 4.01. The summed E-state index contributed by atoms with van der Waals surface area (Å²) in [4.78, 5) is 24.2. The third-order valence-corrected chi connectivity index (χ3v) is 6.05. The zero-order chi connectivity index (χ0) is 22.9. The second-order valence-corrected chi connectivity index (χ2v) is 8.61. The number of fused-ring (bicyclic) bond motifs is 1. The van der Waals surface area contributed by atoms with Crippen LogP contribution in [-0.4, -0.2) is 27.3 Å². The molecule has 162 valence electrons. The molecule has 0 aliphatic carbocycles. The lowest BCUT2D eigenvalue weighted by atomic mass is 10.1. The molecule has 0 spiro atoms. The van der Waals surface area contributed by atoms with Crippen LogP contribution in [0.1, 0.15) is 31.8 Å². The van der Waals surface area contributed by atoms with Crippen LogP contribution in [0.2, 0.25) is 0 Å². The van der Waals surface area contributed by atoms with Gasteiger partial charge in [0.2, 0.25) is 5.78 Å². The van der Waals surface area contributed by atoms with Gasteiger partial charge in [0.05, 0.1) is 18.2 Å². The molecule has 0 radical (unpaired) electrons. The summed E-state index contributed by atoms with van der Waals surface area (Å²) < 4.78 is 40.5. The predicted octanol–water partition coefficient (Wildman–Crippen LogP) is 4.17. The van der Waals surface area contributed by atoms with Crippen LogP contribution in [0.25, 0.3) is 6.08 Å². The number of aryl methyl sites for hydroxylation is 1. The molecule has 0 atom stereocenters. The lowest BCUT2D eigenvalue weighted by Crippen LogP contribution is -2.09. The maximum absolute atomic E-state index is 12.6. The Hall–Kier alpha value is -3.91. The molecule has 0 saturated carbocycles. The van der Waals surface area contributed by atoms with Crippen molar-refractivity contribution in [3.8, 4) is 11.5 Å². The summed E-state index contributed by atoms with van der Waals surface area (Å²) in [5.74, 6) is -0.503. The highest BCUT2D eigenvalue weighted by atomic mass is 32.2. The van der Waals surface area contributed by atoms with E-state index >= 15 is 0 Å². The Morgan fingerprint density at radius 2 is 1.66 bits per heavy atom. The molecule has 8 heteroatoms. The molecule has 0 unspecified atom stereocenters. The predicted molar refractivity (Wildman–Crippen MR) is 116 cm³/mol. The number of carbonyl (C=O) groups excluding carboxylic acids is 2. The van der Waals surface area contributed by atoms with Gasteiger partial charge in [-0.1, -0.05) is 29.8 Å². The maximum Gasteiger partial charge on any atom is 0.339 e. The Morgan fingerprint density at radius 1 is 0.969 bits per heavy atom. The van der Waals surface area contributed by atoms with Crippen molar-refractivity contribution in [2.45, 2.75) is 11.8 Å². The zero-order valence-corrected chi connectivity index (χ0v) is 18.0. The van der Waals surface area contributed by atoms with E-state index in [1.807, 2.05) is 6.92 Å². The van der Waals surface area contributed by atoms with Crippen LogP contribution in [0.15, 0.2) is 77.4 Å². The number of methoxy groups -OCH3 is 1. The quantitative estimate of drug-likeness (QED) is 0.327. The third-order valence-electron chi connectivity index (χ3n) is 4.79. The van der Waals surface area contributed by atoms with Crippen molar-refractivity contribution in [1.82, 2.24) is 0 Å². The van der Waals surface area contributed by atoms with Crippen LogP contribution in [0.3, 0.4) is 0 Å². The molecule has 1 aliphatic heterocycles. The van der Waals surface area contributed by atoms with Crippen molar-refractivity contribution in [3.05, 3.63) is 94.7 Å². The number of carbonyl (C=O) groups is 2. The minimum Gasteiger partial charge on any atom is -0.465 e. The number of esters is 1. The molecule has 4 rings (SSSR count). The molecule has 0 bridgehead atoms. The summed E-state index contributed by atoms with van der Waals surface area (Å²) in [5.41, 5.74) is 2.25. The van der Waals surface area contributed by atoms with Gasteiger partial charge in [0.1, 0.15) is 16.4 Å². The van der Waals surface area contributed by atoms with Gasteiger partial charge in [-0.25, -0.2) is 4.79 Å². The largest absolute Gasteiger partial charge is 0.465 e. The zero-order valence-electron chi connectivity index (χ0n) is 17.2. The summed E-state index contributed by atoms with van der Waals surface area (Å²) in [6.07, 6.45) is 1.53. The highest BCUT2D eigenvalue weighted by Crippen LogP contribution is 2.35. The normalized spacial score (nSPS) is 14.1. The Bertz CT molecular complexity index is 1340. The first-order valence-electron chi connectivity index (χ1n) is 9.55. The third kappa shape index (κ3) is 4.26. The minimum absolute atomic E-state index is 0.0246. The van der Waals surface area contributed by atoms with Crippen LogP contribution >= 0.6 is 0 Å². The van der Waals surface area contributed by atoms with Gasteiger partial charge in [-0.2, -0.15) is 8.42 Å². The fraction of sp³-hybridized carbons (Fsp3) is 0.0833. The van der Waals surface area contributed by atoms with E-state index < -0.39 is 16.1 Å². The van der Waals surface area contributed by atoms with Crippen molar-refractivity contribution < 1.29 is 31.7 Å². The van der Waals surface area contributed by atoms with Crippen LogP contribution in [0, 0.1) is 6.92 Å². The Kier molecular flexibility index (Phi) is 5.54. The molecule has 1 heterocycles. The number of ether oxygens (including phenoxy) is 2. The van der Waals surface area contributed by atoms with E-state index in [-0.39, 0.29) is 27.9 Å². The Morgan fingerprint density at radius 3 is 2.31 bits per heavy atom. The van der Waals surface area contributed by atoms with E-state index in [1.165, 1.54) is 43.5 Å². The molecule has 0 N–H and O–H groups in total. The van der Waals surface area contributed by atoms with E-state index in [2.05, 4.69) is 4.74 Å². The van der Waals surface area contributed by atoms with Crippen molar-refractivity contribution in [1.29, 1.82) is 0 Å². The first kappa shape index (κ1) is 21.3. The first-order valence-corrected chi connectivity index (χ1v) is 11.0. The average Bonchev–Trinajstić information content (AvgIpc) is 3.08. The molecular weight excluding hydrogens is 432 g/mol. The van der Waals surface area contributed by atoms with Crippen molar-refractivity contribution in [3.63, 3.8) is 0 Å². The Balaban J connectivity index is 1.55. The monoisotopic (exact) mass is 450 g/mol. The summed E-state index contributed by atoms with van der Waals surface area (Å²) in [6, 6.07) is 17.0. The van der Waals surface area contributed by atoms with Crippen molar-refractivity contribution in [2.24, 2.45) is 0 Å². The highest BCUT2D eigenvalue weighted by molar-refractivity contribution is 7.87. The molecule has 32 heavy (non-hydrogen) atoms. The molecule has 1 aliphatic rings. The van der Waals surface area contributed by atoms with Gasteiger partial charge in [-0.05, 0) is 55.0 Å². The average molecular weight is 450 g/mol. The minimum atomic E-state index is -4.03. The summed E-state index contributed by atoms with van der Waals surface area (Å²) in [7, 11) is -2.73. The number of hydrogen-bond donors (Lipinski definition) is 0. The van der Waals surface area contributed by atoms with E-state index in [0.29, 0.717) is 16.7 Å². The number of rotatable bonds is 5. The van der Waals surface area contributed by atoms with Crippen molar-refractivity contribution >= 4 is 27.9 Å². The van der Waals surface area contributed by atoms with E-state index in [4.69, 9.17) is 8.92 Å². The Labute approximate surface area is 185 Å². The second-order valence-electron chi connectivity index (χ2n) is 7.06. The van der Waals surface area contributed by atoms with Crippen LogP contribution in [-0.2, 0) is 14.9 Å². The molecule has 0 fully saturated rings. The first-order chi connectivity index (χ1) is 15.3. The lowest BCUT2D eigenvalue weighted by molar-refractivity contribution is 0.0600. The lowest BCUT2D eigenvalue weighted by Gasteiger charge is -2.08. The van der Waals surface area contributed by atoms with E-state index in [1.54, 1.807) is 36.4 Å². The SMILES string of the molecule is COC(=O)c1ccc(C=C2Oc3cc(OS(=O)(=O)c4ccc(C)cc4)ccc3C2=O)cc1. The topological polar surface area (TPSA) is 96.0 Å². The van der Waals surface area contributed by atoms with Gasteiger partial charge in [0.15, 0.2) is 5.76 Å². The standard InChI is InChI=1S/C24H18O7S/c1-15-3-10-19(11-4-15)32(27,28)31-18-9-12-20-21(14-18)30-22(23(20)25)13-16-5-7-17(8-6-16)24(26)29-2/h3-14H,1-2H3. The maximum atomic E-state index is 12.6. The highest BCUT2D eigenvalue weighted by Gasteiger charge is 2.28. The number of benzene rings is 3. The summed E-state index contributed by atoms with van der Waals surface area (Å²) in [6.45, 7) is 1.85. The summed E-state index contributed by atoms with van der Waals surface area (Å²) in [5, 5.41) is 0. The molecular formula is C24H18O7S. The number of allylic oxidation sites excluding steroid dienone is 1. The molecule has 0 saturated heterocycles. The van der Waals surface area contributed by atoms with Crippen LogP contribution < -0.4 is 8.92 Å². The number of Topliss-reactive ketones (excluding diaryl/α,β-unsaturated/α-hetero) is 1. The van der Waals surface area contributed by atoms with E-state index in [9.17, 15) is 18.0 Å². The van der Waals surface area contributed by atoms with Crippen LogP contribution in [0.5, 0.6) is 11.5 Å². The molecule has 0 aromatic heterocycles. The smallest absolute Gasteiger partial charge is 0.339 e. The number of hydrogen-bond acceptors (Lipinski definition) is 7. The van der Waals surface area contributed by atoms with E-state index in [0.717, 1.165) is 5.56 Å². The van der Waals surface area contributed by atoms with Gasteiger partial charge in [0.25, 0.3) is 0 Å². The number of ketones is 1. The molecule has 0 amide bonds. The van der Waals surface area contributed by atoms with Gasteiger partial charge >= 0.3 is 16.1 Å². The second kappa shape index (κ2) is 8.32. The molecule has 3 aromatic rings. The fourth-order valence-electron chi connectivity index (χ4n) is 3.08. The van der Waals surface area contributed by atoms with Crippen molar-refractivity contribution in [2.75, 3.05) is 7.11 Å². The summed E-state index contributed by atoms with van der Waals surface area (Å²) >= 11 is 0. The van der Waals surface area contributed by atoms with Crippen LogP contribution in [0.4, 0.5) is 0 Å².